The van der Waals surface area contributed by atoms with Crippen LogP contribution < -0.4 is 0 Å². The zero-order valence-electron chi connectivity index (χ0n) is 14.2. The van der Waals surface area contributed by atoms with Gasteiger partial charge >= 0.3 is 15.4 Å². The predicted octanol–water partition coefficient (Wildman–Crippen LogP) is 4.66. The van der Waals surface area contributed by atoms with Crippen molar-refractivity contribution in [2.45, 2.75) is 46.5 Å². The molecular formula is C14H28O7P2. The highest BCUT2D eigenvalue weighted by Gasteiger charge is 2.39. The van der Waals surface area contributed by atoms with E-state index in [9.17, 15) is 9.13 Å². The van der Waals surface area contributed by atoms with Crippen LogP contribution in [0.3, 0.4) is 0 Å². The van der Waals surface area contributed by atoms with E-state index in [-0.39, 0.29) is 31.8 Å². The van der Waals surface area contributed by atoms with E-state index >= 15 is 0 Å². The number of phosphoric acid groups is 1. The maximum Gasteiger partial charge on any atom is 0.475 e. The molecule has 1 heterocycles. The Morgan fingerprint density at radius 2 is 1.70 bits per heavy atom. The summed E-state index contributed by atoms with van der Waals surface area (Å²) >= 11 is 0. The molecule has 1 unspecified atom stereocenters. The van der Waals surface area contributed by atoms with Crippen molar-refractivity contribution >= 4 is 15.4 Å². The number of rotatable bonds is 11. The third kappa shape index (κ3) is 8.26. The van der Waals surface area contributed by atoms with E-state index in [1.807, 2.05) is 20.8 Å². The second-order valence-corrected chi connectivity index (χ2v) is 9.86. The molecule has 9 heteroatoms. The van der Waals surface area contributed by atoms with Crippen LogP contribution in [-0.4, -0.2) is 32.8 Å². The van der Waals surface area contributed by atoms with E-state index in [1.54, 1.807) is 0 Å². The Bertz CT molecular complexity index is 411. The molecule has 0 amide bonds. The van der Waals surface area contributed by atoms with Crippen LogP contribution in [0.4, 0.5) is 0 Å². The van der Waals surface area contributed by atoms with Gasteiger partial charge in [-0.25, -0.2) is 4.57 Å². The fourth-order valence-corrected chi connectivity index (χ4v) is 4.91. The van der Waals surface area contributed by atoms with E-state index in [4.69, 9.17) is 29.5 Å². The lowest BCUT2D eigenvalue weighted by Gasteiger charge is -2.34. The van der Waals surface area contributed by atoms with Crippen LogP contribution in [0.5, 0.6) is 0 Å². The summed E-state index contributed by atoms with van der Waals surface area (Å²) in [5, 5.41) is 0. The van der Waals surface area contributed by atoms with Crippen LogP contribution in [0.2, 0.25) is 0 Å². The highest BCUT2D eigenvalue weighted by Crippen LogP contribution is 2.59. The van der Waals surface area contributed by atoms with Crippen LogP contribution in [0.15, 0.2) is 0 Å². The van der Waals surface area contributed by atoms with E-state index in [2.05, 4.69) is 0 Å². The predicted molar refractivity (Wildman–Crippen MR) is 87.2 cm³/mol. The molecule has 0 aromatic rings. The average molecular weight is 370 g/mol. The van der Waals surface area contributed by atoms with Crippen LogP contribution in [-0.2, 0) is 31.7 Å². The molecule has 7 nitrogen and oxygen atoms in total. The van der Waals surface area contributed by atoms with Crippen molar-refractivity contribution in [3.05, 3.63) is 6.92 Å². The lowest BCUT2D eigenvalue weighted by molar-refractivity contribution is 0.0312. The SMILES string of the molecule is [CH]CCCOP(=O)(OCCCC)OCP1(=O)OCC(C)(C)CO1. The first kappa shape index (κ1) is 21.3. The molecule has 23 heavy (non-hydrogen) atoms. The minimum atomic E-state index is -3.81. The van der Waals surface area contributed by atoms with Gasteiger partial charge in [-0.3, -0.25) is 18.1 Å². The highest BCUT2D eigenvalue weighted by atomic mass is 31.2. The second kappa shape index (κ2) is 9.67. The van der Waals surface area contributed by atoms with Gasteiger partial charge in [0.1, 0.15) is 0 Å². The molecule has 0 aromatic carbocycles. The first-order valence-electron chi connectivity index (χ1n) is 7.86. The lowest BCUT2D eigenvalue weighted by atomic mass is 9.97. The Kier molecular flexibility index (Phi) is 8.95. The third-order valence-corrected chi connectivity index (χ3v) is 6.16. The van der Waals surface area contributed by atoms with Crippen LogP contribution in [0.1, 0.15) is 46.5 Å². The summed E-state index contributed by atoms with van der Waals surface area (Å²) in [6.07, 6.45) is 2.04. The maximum atomic E-state index is 12.5. The maximum absolute atomic E-state index is 12.5. The smallest absolute Gasteiger partial charge is 0.306 e. The monoisotopic (exact) mass is 370 g/mol. The summed E-state index contributed by atoms with van der Waals surface area (Å²) in [6.45, 7) is 12.2. The molecule has 0 bridgehead atoms. The van der Waals surface area contributed by atoms with Crippen molar-refractivity contribution in [2.75, 3.05) is 32.8 Å². The van der Waals surface area contributed by atoms with Gasteiger partial charge in [-0.15, -0.1) is 0 Å². The first-order chi connectivity index (χ1) is 10.7. The van der Waals surface area contributed by atoms with Gasteiger partial charge in [-0.05, 0) is 26.2 Å². The Hall–Kier alpha value is 0.260. The Balaban J connectivity index is 2.55. The molecule has 0 N–H and O–H groups in total. The van der Waals surface area contributed by atoms with Gasteiger partial charge in [0.05, 0.1) is 26.4 Å². The summed E-state index contributed by atoms with van der Waals surface area (Å²) in [5.41, 5.74) is -0.215. The Morgan fingerprint density at radius 1 is 1.13 bits per heavy atom. The van der Waals surface area contributed by atoms with Crippen molar-refractivity contribution < 1.29 is 31.7 Å². The molecule has 1 aliphatic rings. The van der Waals surface area contributed by atoms with Crippen molar-refractivity contribution in [1.82, 2.24) is 0 Å². The van der Waals surface area contributed by atoms with Crippen molar-refractivity contribution in [3.63, 3.8) is 0 Å². The van der Waals surface area contributed by atoms with Gasteiger partial charge in [-0.2, -0.15) is 0 Å². The van der Waals surface area contributed by atoms with Crippen molar-refractivity contribution in [3.8, 4) is 0 Å². The quantitative estimate of drug-likeness (QED) is 0.386. The summed E-state index contributed by atoms with van der Waals surface area (Å²) in [4.78, 5) is 0. The molecule has 1 atom stereocenters. The number of hydrogen-bond donors (Lipinski definition) is 0. The minimum Gasteiger partial charge on any atom is -0.306 e. The molecule has 0 spiro atoms. The van der Waals surface area contributed by atoms with Gasteiger partial charge in [0.15, 0.2) is 6.35 Å². The molecule has 2 radical (unpaired) electrons. The largest absolute Gasteiger partial charge is 0.475 e. The van der Waals surface area contributed by atoms with Crippen LogP contribution in [0, 0.1) is 12.3 Å². The molecule has 1 fully saturated rings. The van der Waals surface area contributed by atoms with Crippen molar-refractivity contribution in [2.24, 2.45) is 5.41 Å². The zero-order valence-corrected chi connectivity index (χ0v) is 16.0. The summed E-state index contributed by atoms with van der Waals surface area (Å²) in [5.74, 6) is 0. The lowest BCUT2D eigenvalue weighted by Crippen LogP contribution is -2.30. The Labute approximate surface area is 139 Å². The van der Waals surface area contributed by atoms with Crippen LogP contribution >= 0.6 is 15.4 Å². The van der Waals surface area contributed by atoms with Crippen molar-refractivity contribution in [1.29, 1.82) is 0 Å². The van der Waals surface area contributed by atoms with Gasteiger partial charge in [-0.1, -0.05) is 27.2 Å². The number of phosphoric ester groups is 1. The van der Waals surface area contributed by atoms with E-state index < -0.39 is 21.8 Å². The molecule has 0 saturated carbocycles. The number of hydrogen-bond acceptors (Lipinski definition) is 7. The molecule has 1 rings (SSSR count). The summed E-state index contributed by atoms with van der Waals surface area (Å²) < 4.78 is 51.1. The van der Waals surface area contributed by atoms with Gasteiger partial charge in [0.25, 0.3) is 0 Å². The van der Waals surface area contributed by atoms with E-state index in [0.29, 0.717) is 19.3 Å². The molecule has 0 aromatic heterocycles. The van der Waals surface area contributed by atoms with E-state index in [0.717, 1.165) is 6.42 Å². The normalized spacial score (nSPS) is 20.5. The molecular weight excluding hydrogens is 342 g/mol. The summed E-state index contributed by atoms with van der Waals surface area (Å²) in [6, 6.07) is 0. The minimum absolute atomic E-state index is 0.138. The van der Waals surface area contributed by atoms with Gasteiger partial charge in [0.2, 0.25) is 0 Å². The van der Waals surface area contributed by atoms with Gasteiger partial charge in [0, 0.05) is 5.41 Å². The highest BCUT2D eigenvalue weighted by molar-refractivity contribution is 7.55. The number of unbranched alkanes of at least 4 members (excludes halogenated alkanes) is 2. The van der Waals surface area contributed by atoms with Gasteiger partial charge < -0.3 is 9.05 Å². The Morgan fingerprint density at radius 3 is 2.22 bits per heavy atom. The first-order valence-corrected chi connectivity index (χ1v) is 11.0. The van der Waals surface area contributed by atoms with Crippen LogP contribution in [0.25, 0.3) is 0 Å². The summed E-state index contributed by atoms with van der Waals surface area (Å²) in [7, 11) is -7.26. The topological polar surface area (TPSA) is 80.3 Å². The molecule has 136 valence electrons. The zero-order chi connectivity index (χ0) is 17.4. The van der Waals surface area contributed by atoms with E-state index in [1.165, 1.54) is 0 Å². The molecule has 0 aliphatic carbocycles. The fourth-order valence-electron chi connectivity index (χ4n) is 1.53. The molecule has 1 aliphatic heterocycles. The molecule has 1 saturated heterocycles. The third-order valence-electron chi connectivity index (χ3n) is 3.02. The average Bonchev–Trinajstić information content (AvgIpc) is 2.50. The standard InChI is InChI=1S/C14H28O7P2/c1-5-7-9-17-23(16,18-10-8-6-2)21-13-22(15)19-11-14(3,4)12-20-22/h1H,5-13H2,2-4H3. The fraction of sp³-hybridized carbons (Fsp3) is 0.929. The second-order valence-electron chi connectivity index (χ2n) is 6.19.